The molecule has 1 aliphatic rings. The number of nitrogens with one attached hydrogen (secondary N) is 1. The number of thiocarbonyl (C=S) groups is 1. The van der Waals surface area contributed by atoms with Gasteiger partial charge < -0.3 is 5.73 Å². The van der Waals surface area contributed by atoms with Crippen molar-refractivity contribution >= 4 is 33.0 Å². The van der Waals surface area contributed by atoms with Crippen molar-refractivity contribution in [2.45, 2.75) is 37.4 Å². The number of hydrogen-bond donors (Lipinski definition) is 2. The van der Waals surface area contributed by atoms with E-state index < -0.39 is 10.0 Å². The van der Waals surface area contributed by atoms with Gasteiger partial charge in [0.25, 0.3) is 0 Å². The molecule has 0 atom stereocenters. The van der Waals surface area contributed by atoms with Crippen LogP contribution >= 0.6 is 12.2 Å². The van der Waals surface area contributed by atoms with E-state index in [1.807, 2.05) is 0 Å². The third kappa shape index (κ3) is 3.06. The number of sulfonamides is 1. The van der Waals surface area contributed by atoms with Gasteiger partial charge in [0.15, 0.2) is 0 Å². The number of nitrogens with zero attached hydrogens (tertiary/aromatic N) is 2. The summed E-state index contributed by atoms with van der Waals surface area (Å²) < 4.78 is 28.7. The molecule has 0 amide bonds. The van der Waals surface area contributed by atoms with E-state index in [1.54, 1.807) is 7.05 Å². The van der Waals surface area contributed by atoms with Gasteiger partial charge in [-0.2, -0.15) is 5.10 Å². The zero-order chi connectivity index (χ0) is 14.0. The molecule has 106 valence electrons. The van der Waals surface area contributed by atoms with Gasteiger partial charge >= 0.3 is 0 Å². The second-order valence-electron chi connectivity index (χ2n) is 4.80. The van der Waals surface area contributed by atoms with Crippen LogP contribution in [0.4, 0.5) is 5.82 Å². The normalized spacial score (nSPS) is 17.3. The van der Waals surface area contributed by atoms with Gasteiger partial charge in [-0.25, -0.2) is 8.42 Å². The Morgan fingerprint density at radius 3 is 2.68 bits per heavy atom. The highest BCUT2D eigenvalue weighted by molar-refractivity contribution is 7.93. The summed E-state index contributed by atoms with van der Waals surface area (Å²) in [6, 6.07) is 0. The Morgan fingerprint density at radius 2 is 2.11 bits per heavy atom. The Kier molecular flexibility index (Phi) is 4.10. The van der Waals surface area contributed by atoms with Crippen molar-refractivity contribution in [2.75, 3.05) is 4.72 Å². The Bertz CT molecular complexity index is 574. The fourth-order valence-electron chi connectivity index (χ4n) is 2.33. The molecule has 0 aromatic carbocycles. The lowest BCUT2D eigenvalue weighted by atomic mass is 10.0. The van der Waals surface area contributed by atoms with Gasteiger partial charge in [0, 0.05) is 7.05 Å². The van der Waals surface area contributed by atoms with Crippen molar-refractivity contribution in [1.82, 2.24) is 9.78 Å². The van der Waals surface area contributed by atoms with Crippen LogP contribution in [0.2, 0.25) is 0 Å². The van der Waals surface area contributed by atoms with Crippen molar-refractivity contribution in [1.29, 1.82) is 0 Å². The fourth-order valence-corrected chi connectivity index (χ4v) is 4.11. The average molecular weight is 302 g/mol. The van der Waals surface area contributed by atoms with Gasteiger partial charge in [0.05, 0.1) is 17.0 Å². The summed E-state index contributed by atoms with van der Waals surface area (Å²) in [6.07, 6.45) is 5.90. The number of aromatic nitrogens is 2. The Morgan fingerprint density at radius 1 is 1.47 bits per heavy atom. The van der Waals surface area contributed by atoms with E-state index in [-0.39, 0.29) is 10.2 Å². The van der Waals surface area contributed by atoms with Gasteiger partial charge in [-0.15, -0.1) is 0 Å². The molecule has 0 radical (unpaired) electrons. The quantitative estimate of drug-likeness (QED) is 0.814. The predicted molar refractivity (Wildman–Crippen MR) is 78.5 cm³/mol. The maximum absolute atomic E-state index is 12.3. The van der Waals surface area contributed by atoms with Gasteiger partial charge in [-0.1, -0.05) is 31.5 Å². The molecule has 6 nitrogen and oxygen atoms in total. The van der Waals surface area contributed by atoms with Crippen LogP contribution in [0, 0.1) is 0 Å². The molecule has 2 rings (SSSR count). The molecular formula is C11H18N4O2S2. The van der Waals surface area contributed by atoms with Crippen molar-refractivity contribution in [3.8, 4) is 0 Å². The van der Waals surface area contributed by atoms with Crippen molar-refractivity contribution < 1.29 is 8.42 Å². The molecule has 0 spiro atoms. The number of nitrogens with two attached hydrogens (primary N) is 1. The summed E-state index contributed by atoms with van der Waals surface area (Å²) in [5, 5.41) is 3.65. The van der Waals surface area contributed by atoms with E-state index in [0.29, 0.717) is 24.2 Å². The highest BCUT2D eigenvalue weighted by atomic mass is 32.2. The lowest BCUT2D eigenvalue weighted by Crippen LogP contribution is -2.31. The van der Waals surface area contributed by atoms with Gasteiger partial charge in [-0.05, 0) is 12.8 Å². The molecule has 0 bridgehead atoms. The standard InChI is InChI=1S/C11H18N4O2S2/c1-15-11(9(7-13-15)10(12)18)14-19(16,17)8-5-3-2-4-6-8/h7-8,14H,2-6H2,1H3,(H2,12,18). The van der Waals surface area contributed by atoms with Crippen molar-refractivity contribution in [3.05, 3.63) is 11.8 Å². The van der Waals surface area contributed by atoms with E-state index in [9.17, 15) is 8.42 Å². The van der Waals surface area contributed by atoms with Crippen molar-refractivity contribution in [2.24, 2.45) is 12.8 Å². The van der Waals surface area contributed by atoms with Gasteiger partial charge in [-0.3, -0.25) is 9.40 Å². The zero-order valence-electron chi connectivity index (χ0n) is 10.8. The second-order valence-corrected chi connectivity index (χ2v) is 7.20. The minimum absolute atomic E-state index is 0.134. The maximum Gasteiger partial charge on any atom is 0.236 e. The number of anilines is 1. The highest BCUT2D eigenvalue weighted by Crippen LogP contribution is 2.26. The third-order valence-electron chi connectivity index (χ3n) is 3.43. The first-order chi connectivity index (χ1) is 8.92. The van der Waals surface area contributed by atoms with E-state index >= 15 is 0 Å². The summed E-state index contributed by atoms with van der Waals surface area (Å²) >= 11 is 4.90. The van der Waals surface area contributed by atoms with Gasteiger partial charge in [0.1, 0.15) is 10.8 Å². The minimum atomic E-state index is -3.41. The number of aryl methyl sites for hydroxylation is 1. The Labute approximate surface area is 118 Å². The summed E-state index contributed by atoms with van der Waals surface area (Å²) in [5.41, 5.74) is 6.02. The Balaban J connectivity index is 2.24. The first-order valence-corrected chi connectivity index (χ1v) is 8.20. The molecule has 0 saturated heterocycles. The summed E-state index contributed by atoms with van der Waals surface area (Å²) in [6.45, 7) is 0. The smallest absolute Gasteiger partial charge is 0.236 e. The Hall–Kier alpha value is -1.15. The van der Waals surface area contributed by atoms with Crippen LogP contribution in [-0.2, 0) is 17.1 Å². The van der Waals surface area contributed by atoms with Gasteiger partial charge in [0.2, 0.25) is 10.0 Å². The van der Waals surface area contributed by atoms with E-state index in [4.69, 9.17) is 18.0 Å². The van der Waals surface area contributed by atoms with Crippen molar-refractivity contribution in [3.63, 3.8) is 0 Å². The first-order valence-electron chi connectivity index (χ1n) is 6.25. The van der Waals surface area contributed by atoms with Crippen LogP contribution < -0.4 is 10.5 Å². The summed E-state index contributed by atoms with van der Waals surface area (Å²) in [5.74, 6) is 0.345. The predicted octanol–water partition coefficient (Wildman–Crippen LogP) is 1.13. The topological polar surface area (TPSA) is 90.0 Å². The second kappa shape index (κ2) is 5.46. The van der Waals surface area contributed by atoms with Crippen LogP contribution in [0.15, 0.2) is 6.20 Å². The van der Waals surface area contributed by atoms with E-state index in [0.717, 1.165) is 19.3 Å². The molecule has 8 heteroatoms. The van der Waals surface area contributed by atoms with Crippen LogP contribution in [-0.4, -0.2) is 28.4 Å². The molecule has 0 aliphatic heterocycles. The molecule has 1 aromatic rings. The third-order valence-corrected chi connectivity index (χ3v) is 5.48. The summed E-state index contributed by atoms with van der Waals surface area (Å²) in [4.78, 5) is 0.134. The number of rotatable bonds is 4. The monoisotopic (exact) mass is 302 g/mol. The van der Waals surface area contributed by atoms with Crippen LogP contribution in [0.3, 0.4) is 0 Å². The minimum Gasteiger partial charge on any atom is -0.389 e. The zero-order valence-corrected chi connectivity index (χ0v) is 12.4. The maximum atomic E-state index is 12.3. The average Bonchev–Trinajstić information content (AvgIpc) is 2.72. The fraction of sp³-hybridized carbons (Fsp3) is 0.636. The summed E-state index contributed by atoms with van der Waals surface area (Å²) in [7, 11) is -1.76. The van der Waals surface area contributed by atoms with E-state index in [1.165, 1.54) is 10.9 Å². The molecule has 1 fully saturated rings. The molecule has 1 saturated carbocycles. The van der Waals surface area contributed by atoms with Crippen LogP contribution in [0.25, 0.3) is 0 Å². The highest BCUT2D eigenvalue weighted by Gasteiger charge is 2.29. The SMILES string of the molecule is Cn1ncc(C(N)=S)c1NS(=O)(=O)C1CCCCC1. The number of hydrogen-bond acceptors (Lipinski definition) is 4. The molecule has 0 unspecified atom stereocenters. The molecule has 1 aromatic heterocycles. The molecule has 1 heterocycles. The molecular weight excluding hydrogens is 284 g/mol. The molecule has 3 N–H and O–H groups in total. The molecule has 1 aliphatic carbocycles. The lowest BCUT2D eigenvalue weighted by molar-refractivity contribution is 0.486. The van der Waals surface area contributed by atoms with E-state index in [2.05, 4.69) is 9.82 Å². The lowest BCUT2D eigenvalue weighted by Gasteiger charge is -2.22. The van der Waals surface area contributed by atoms with Crippen LogP contribution in [0.5, 0.6) is 0 Å². The van der Waals surface area contributed by atoms with Crippen LogP contribution in [0.1, 0.15) is 37.7 Å². The molecule has 19 heavy (non-hydrogen) atoms. The first kappa shape index (κ1) is 14.3. The largest absolute Gasteiger partial charge is 0.389 e.